The number of esters is 1. The summed E-state index contributed by atoms with van der Waals surface area (Å²) in [6.45, 7) is 1.23. The second kappa shape index (κ2) is 8.83. The molecule has 0 atom stereocenters. The van der Waals surface area contributed by atoms with Crippen molar-refractivity contribution in [1.29, 1.82) is 0 Å². The number of nitrogens with zero attached hydrogens (tertiary/aromatic N) is 1. The van der Waals surface area contributed by atoms with Gasteiger partial charge >= 0.3 is 5.97 Å². The van der Waals surface area contributed by atoms with Crippen molar-refractivity contribution in [3.05, 3.63) is 42.0 Å². The molecule has 0 aromatic heterocycles. The van der Waals surface area contributed by atoms with E-state index in [1.807, 2.05) is 0 Å². The van der Waals surface area contributed by atoms with Gasteiger partial charge in [0.2, 0.25) is 0 Å². The van der Waals surface area contributed by atoms with Crippen molar-refractivity contribution in [2.75, 3.05) is 39.3 Å². The standard InChI is InChI=1S/C19H23NO7S/c1-13-10-15(7-9-16(13)24-2)28(22,23)20(12-19(21)27-5)14-6-8-17(25-3)18(11-14)26-4/h6-11H,12H2,1-5H3. The average Bonchev–Trinajstić information content (AvgIpc) is 2.70. The average molecular weight is 409 g/mol. The molecule has 2 rings (SSSR count). The van der Waals surface area contributed by atoms with Crippen molar-refractivity contribution in [3.8, 4) is 17.2 Å². The lowest BCUT2D eigenvalue weighted by Crippen LogP contribution is -2.36. The van der Waals surface area contributed by atoms with Gasteiger partial charge in [0.1, 0.15) is 12.3 Å². The maximum absolute atomic E-state index is 13.3. The Morgan fingerprint density at radius 1 is 0.893 bits per heavy atom. The van der Waals surface area contributed by atoms with E-state index in [9.17, 15) is 13.2 Å². The van der Waals surface area contributed by atoms with Crippen LogP contribution in [0.25, 0.3) is 0 Å². The largest absolute Gasteiger partial charge is 0.496 e. The summed E-state index contributed by atoms with van der Waals surface area (Å²) in [6.07, 6.45) is 0. The minimum absolute atomic E-state index is 0.0180. The van der Waals surface area contributed by atoms with E-state index >= 15 is 0 Å². The van der Waals surface area contributed by atoms with Gasteiger partial charge in [-0.15, -0.1) is 0 Å². The van der Waals surface area contributed by atoms with E-state index in [1.165, 1.54) is 52.7 Å². The maximum Gasteiger partial charge on any atom is 0.326 e. The molecule has 0 aliphatic heterocycles. The molecule has 0 aliphatic rings. The Labute approximate surface area is 164 Å². The van der Waals surface area contributed by atoms with Crippen molar-refractivity contribution in [2.45, 2.75) is 11.8 Å². The van der Waals surface area contributed by atoms with Gasteiger partial charge in [-0.3, -0.25) is 9.10 Å². The summed E-state index contributed by atoms with van der Waals surface area (Å²) in [5.41, 5.74) is 0.880. The van der Waals surface area contributed by atoms with E-state index in [0.29, 0.717) is 22.8 Å². The Morgan fingerprint density at radius 3 is 2.04 bits per heavy atom. The van der Waals surface area contributed by atoms with Crippen LogP contribution in [-0.4, -0.2) is 49.4 Å². The molecular formula is C19H23NO7S. The number of sulfonamides is 1. The Balaban J connectivity index is 2.59. The second-order valence-electron chi connectivity index (χ2n) is 5.76. The van der Waals surface area contributed by atoms with E-state index in [4.69, 9.17) is 14.2 Å². The first-order valence-corrected chi connectivity index (χ1v) is 9.68. The third kappa shape index (κ3) is 4.30. The third-order valence-corrected chi connectivity index (χ3v) is 5.88. The second-order valence-corrected chi connectivity index (χ2v) is 7.62. The fraction of sp³-hybridized carbons (Fsp3) is 0.316. The molecule has 2 aromatic carbocycles. The molecule has 0 saturated heterocycles. The van der Waals surface area contributed by atoms with Crippen LogP contribution in [-0.2, 0) is 19.6 Å². The number of anilines is 1. The number of ether oxygens (including phenoxy) is 4. The van der Waals surface area contributed by atoms with Crippen molar-refractivity contribution in [2.24, 2.45) is 0 Å². The molecule has 0 spiro atoms. The summed E-state index contributed by atoms with van der Waals surface area (Å²) in [6, 6.07) is 9.04. The predicted octanol–water partition coefficient (Wildman–Crippen LogP) is 2.39. The van der Waals surface area contributed by atoms with Gasteiger partial charge in [-0.25, -0.2) is 8.42 Å². The van der Waals surface area contributed by atoms with Crippen LogP contribution in [0.1, 0.15) is 5.56 Å². The normalized spacial score (nSPS) is 10.9. The van der Waals surface area contributed by atoms with Gasteiger partial charge in [0.05, 0.1) is 39.0 Å². The summed E-state index contributed by atoms with van der Waals surface area (Å²) >= 11 is 0. The number of hydrogen-bond acceptors (Lipinski definition) is 7. The lowest BCUT2D eigenvalue weighted by Gasteiger charge is -2.24. The zero-order valence-electron chi connectivity index (χ0n) is 16.4. The van der Waals surface area contributed by atoms with Crippen LogP contribution in [0.15, 0.2) is 41.3 Å². The van der Waals surface area contributed by atoms with Crippen molar-refractivity contribution in [1.82, 2.24) is 0 Å². The first-order chi connectivity index (χ1) is 13.3. The first-order valence-electron chi connectivity index (χ1n) is 8.24. The summed E-state index contributed by atoms with van der Waals surface area (Å²) in [5.74, 6) is 0.617. The van der Waals surface area contributed by atoms with Gasteiger partial charge in [0.25, 0.3) is 10.0 Å². The molecule has 0 saturated carbocycles. The molecular weight excluding hydrogens is 386 g/mol. The fourth-order valence-corrected chi connectivity index (χ4v) is 4.10. The molecule has 0 aliphatic carbocycles. The van der Waals surface area contributed by atoms with Crippen molar-refractivity contribution < 1.29 is 32.2 Å². The molecule has 0 N–H and O–H groups in total. The van der Waals surface area contributed by atoms with Crippen LogP contribution in [0.5, 0.6) is 17.2 Å². The topological polar surface area (TPSA) is 91.4 Å². The molecule has 152 valence electrons. The van der Waals surface area contributed by atoms with Gasteiger partial charge in [-0.05, 0) is 42.8 Å². The van der Waals surface area contributed by atoms with Gasteiger partial charge in [-0.1, -0.05) is 0 Å². The Hall–Kier alpha value is -2.94. The highest BCUT2D eigenvalue weighted by atomic mass is 32.2. The molecule has 0 heterocycles. The van der Waals surface area contributed by atoms with Crippen LogP contribution in [0.2, 0.25) is 0 Å². The Bertz CT molecular complexity index is 957. The molecule has 0 amide bonds. The number of benzene rings is 2. The van der Waals surface area contributed by atoms with Gasteiger partial charge in [-0.2, -0.15) is 0 Å². The van der Waals surface area contributed by atoms with Gasteiger partial charge in [0.15, 0.2) is 11.5 Å². The number of methoxy groups -OCH3 is 4. The third-order valence-electron chi connectivity index (χ3n) is 4.11. The summed E-state index contributed by atoms with van der Waals surface area (Å²) < 4.78 is 47.8. The molecule has 0 unspecified atom stereocenters. The molecule has 28 heavy (non-hydrogen) atoms. The molecule has 8 nitrogen and oxygen atoms in total. The van der Waals surface area contributed by atoms with E-state index in [-0.39, 0.29) is 10.6 Å². The zero-order valence-corrected chi connectivity index (χ0v) is 17.2. The molecule has 2 aromatic rings. The monoisotopic (exact) mass is 409 g/mol. The summed E-state index contributed by atoms with van der Waals surface area (Å²) in [7, 11) is 1.54. The Kier molecular flexibility index (Phi) is 6.74. The van der Waals surface area contributed by atoms with Gasteiger partial charge < -0.3 is 18.9 Å². The quantitative estimate of drug-likeness (QED) is 0.618. The fourth-order valence-electron chi connectivity index (χ4n) is 2.62. The predicted molar refractivity (Wildman–Crippen MR) is 104 cm³/mol. The highest BCUT2D eigenvalue weighted by Gasteiger charge is 2.29. The van der Waals surface area contributed by atoms with Gasteiger partial charge in [0, 0.05) is 6.07 Å². The minimum Gasteiger partial charge on any atom is -0.496 e. The molecule has 0 fully saturated rings. The van der Waals surface area contributed by atoms with Crippen LogP contribution in [0.4, 0.5) is 5.69 Å². The highest BCUT2D eigenvalue weighted by molar-refractivity contribution is 7.92. The van der Waals surface area contributed by atoms with E-state index in [0.717, 1.165) is 4.31 Å². The van der Waals surface area contributed by atoms with Crippen LogP contribution >= 0.6 is 0 Å². The number of aryl methyl sites for hydroxylation is 1. The Morgan fingerprint density at radius 2 is 1.50 bits per heavy atom. The minimum atomic E-state index is -4.07. The number of carbonyl (C=O) groups is 1. The zero-order chi connectivity index (χ0) is 20.9. The van der Waals surface area contributed by atoms with E-state index < -0.39 is 22.5 Å². The van der Waals surface area contributed by atoms with Crippen LogP contribution in [0, 0.1) is 6.92 Å². The molecule has 0 bridgehead atoms. The van der Waals surface area contributed by atoms with Crippen molar-refractivity contribution >= 4 is 21.7 Å². The number of hydrogen-bond donors (Lipinski definition) is 0. The summed E-state index contributed by atoms with van der Waals surface area (Å²) in [4.78, 5) is 11.9. The summed E-state index contributed by atoms with van der Waals surface area (Å²) in [5, 5.41) is 0. The highest BCUT2D eigenvalue weighted by Crippen LogP contribution is 2.34. The lowest BCUT2D eigenvalue weighted by atomic mass is 10.2. The SMILES string of the molecule is COC(=O)CN(c1ccc(OC)c(OC)c1)S(=O)(=O)c1ccc(OC)c(C)c1. The van der Waals surface area contributed by atoms with Crippen LogP contribution < -0.4 is 18.5 Å². The molecule has 9 heteroatoms. The number of carbonyl (C=O) groups excluding carboxylic acids is 1. The lowest BCUT2D eigenvalue weighted by molar-refractivity contribution is -0.138. The van der Waals surface area contributed by atoms with E-state index in [1.54, 1.807) is 19.1 Å². The smallest absolute Gasteiger partial charge is 0.326 e. The number of rotatable bonds is 8. The molecule has 0 radical (unpaired) electrons. The maximum atomic E-state index is 13.3. The van der Waals surface area contributed by atoms with Crippen molar-refractivity contribution in [3.63, 3.8) is 0 Å². The van der Waals surface area contributed by atoms with Crippen LogP contribution in [0.3, 0.4) is 0 Å². The first kappa shape index (κ1) is 21.4. The van der Waals surface area contributed by atoms with E-state index in [2.05, 4.69) is 4.74 Å².